The first-order chi connectivity index (χ1) is 15.3. The van der Waals surface area contributed by atoms with Crippen molar-refractivity contribution < 1.29 is 14.2 Å². The smallest absolute Gasteiger partial charge is 0.165 e. The average molecular weight is 498 g/mol. The van der Waals surface area contributed by atoms with E-state index in [1.165, 1.54) is 14.2 Å². The Bertz CT molecular complexity index is 1140. The topological polar surface area (TPSA) is 69.6 Å². The van der Waals surface area contributed by atoms with E-state index in [0.29, 0.717) is 43.6 Å². The summed E-state index contributed by atoms with van der Waals surface area (Å²) in [5, 5.41) is 1.78. The van der Waals surface area contributed by atoms with Crippen molar-refractivity contribution in [3.63, 3.8) is 0 Å². The lowest BCUT2D eigenvalue weighted by Gasteiger charge is -2.39. The molecule has 7 nitrogen and oxygen atoms in total. The van der Waals surface area contributed by atoms with Gasteiger partial charge in [-0.3, -0.25) is 0 Å². The summed E-state index contributed by atoms with van der Waals surface area (Å²) in [5.41, 5.74) is 0.901. The van der Waals surface area contributed by atoms with Crippen LogP contribution in [0.1, 0.15) is 19.8 Å². The van der Waals surface area contributed by atoms with Gasteiger partial charge in [0.25, 0.3) is 0 Å². The molecule has 0 radical (unpaired) electrons. The van der Waals surface area contributed by atoms with Crippen LogP contribution in [0.25, 0.3) is 22.3 Å². The molecule has 32 heavy (non-hydrogen) atoms. The SMILES string of the molecule is COc1cc(OC)c(Cl)c(-c2nc(N3CCC(C)(OC)CC3)c3cc(Cl)ncc3n2)c1Cl. The number of anilines is 1. The van der Waals surface area contributed by atoms with Crippen molar-refractivity contribution in [1.82, 2.24) is 15.0 Å². The number of pyridine rings is 1. The van der Waals surface area contributed by atoms with Gasteiger partial charge in [-0.05, 0) is 25.8 Å². The van der Waals surface area contributed by atoms with Crippen LogP contribution >= 0.6 is 34.8 Å². The number of aromatic nitrogens is 3. The molecule has 0 atom stereocenters. The monoisotopic (exact) mass is 496 g/mol. The molecule has 1 saturated heterocycles. The summed E-state index contributed by atoms with van der Waals surface area (Å²) < 4.78 is 16.5. The number of nitrogens with zero attached hydrogens (tertiary/aromatic N) is 4. The molecule has 10 heteroatoms. The predicted molar refractivity (Wildman–Crippen MR) is 128 cm³/mol. The van der Waals surface area contributed by atoms with Gasteiger partial charge in [0.2, 0.25) is 0 Å². The first kappa shape index (κ1) is 23.1. The van der Waals surface area contributed by atoms with Crippen molar-refractivity contribution in [2.75, 3.05) is 39.3 Å². The van der Waals surface area contributed by atoms with Crippen molar-refractivity contribution in [2.24, 2.45) is 0 Å². The van der Waals surface area contributed by atoms with Gasteiger partial charge < -0.3 is 19.1 Å². The molecule has 0 amide bonds. The summed E-state index contributed by atoms with van der Waals surface area (Å²) in [7, 11) is 4.80. The van der Waals surface area contributed by atoms with Gasteiger partial charge in [-0.25, -0.2) is 15.0 Å². The van der Waals surface area contributed by atoms with E-state index in [0.717, 1.165) is 37.1 Å². The lowest BCUT2D eigenvalue weighted by Crippen LogP contribution is -2.44. The molecule has 0 aliphatic carbocycles. The number of hydrogen-bond donors (Lipinski definition) is 0. The van der Waals surface area contributed by atoms with Gasteiger partial charge in [0.1, 0.15) is 22.5 Å². The maximum absolute atomic E-state index is 6.64. The second-order valence-electron chi connectivity index (χ2n) is 7.82. The Morgan fingerprint density at radius 2 is 1.56 bits per heavy atom. The van der Waals surface area contributed by atoms with Gasteiger partial charge in [-0.15, -0.1) is 0 Å². The summed E-state index contributed by atoms with van der Waals surface area (Å²) in [6.07, 6.45) is 3.34. The van der Waals surface area contributed by atoms with Crippen LogP contribution in [0.4, 0.5) is 5.82 Å². The molecule has 1 aromatic carbocycles. The molecule has 0 unspecified atom stereocenters. The minimum absolute atomic E-state index is 0.159. The maximum atomic E-state index is 6.64. The molecule has 0 spiro atoms. The fourth-order valence-electron chi connectivity index (χ4n) is 3.82. The van der Waals surface area contributed by atoms with Crippen molar-refractivity contribution >= 4 is 51.5 Å². The van der Waals surface area contributed by atoms with E-state index in [1.807, 2.05) is 0 Å². The standard InChI is InChI=1S/C22H23Cl3N4O3/c1-22(32-4)5-7-29(8-6-22)21-12-9-16(23)26-11-13(12)27-20(28-21)17-18(24)14(30-2)10-15(31-3)19(17)25/h9-11H,5-8H2,1-4H3. The highest BCUT2D eigenvalue weighted by atomic mass is 35.5. The number of ether oxygens (including phenoxy) is 3. The van der Waals surface area contributed by atoms with Crippen molar-refractivity contribution in [3.8, 4) is 22.9 Å². The molecule has 1 fully saturated rings. The minimum atomic E-state index is -0.159. The van der Waals surface area contributed by atoms with Crippen LogP contribution in [-0.4, -0.2) is 55.0 Å². The molecule has 0 saturated carbocycles. The zero-order valence-electron chi connectivity index (χ0n) is 18.2. The Balaban J connectivity index is 1.91. The van der Waals surface area contributed by atoms with Crippen LogP contribution in [0.15, 0.2) is 18.3 Å². The Kier molecular flexibility index (Phi) is 6.54. The van der Waals surface area contributed by atoms with Gasteiger partial charge in [-0.1, -0.05) is 34.8 Å². The Morgan fingerprint density at radius 3 is 2.12 bits per heavy atom. The van der Waals surface area contributed by atoms with Crippen LogP contribution in [0.3, 0.4) is 0 Å². The van der Waals surface area contributed by atoms with E-state index in [-0.39, 0.29) is 5.60 Å². The molecular formula is C22H23Cl3N4O3. The number of piperidine rings is 1. The number of hydrogen-bond acceptors (Lipinski definition) is 7. The fraction of sp³-hybridized carbons (Fsp3) is 0.409. The molecule has 0 N–H and O–H groups in total. The molecule has 1 aliphatic rings. The summed E-state index contributed by atoms with van der Waals surface area (Å²) in [5.74, 6) is 1.91. The number of fused-ring (bicyclic) bond motifs is 1. The third kappa shape index (κ3) is 4.15. The summed E-state index contributed by atoms with van der Waals surface area (Å²) in [6, 6.07) is 3.41. The van der Waals surface area contributed by atoms with Crippen molar-refractivity contribution in [1.29, 1.82) is 0 Å². The normalized spacial score (nSPS) is 15.8. The van der Waals surface area contributed by atoms with E-state index in [1.54, 1.807) is 25.4 Å². The highest BCUT2D eigenvalue weighted by Gasteiger charge is 2.32. The highest BCUT2D eigenvalue weighted by molar-refractivity contribution is 6.41. The fourth-order valence-corrected chi connectivity index (χ4v) is 4.65. The summed E-state index contributed by atoms with van der Waals surface area (Å²) in [4.78, 5) is 16.0. The molecule has 3 heterocycles. The van der Waals surface area contributed by atoms with Crippen LogP contribution in [0, 0.1) is 0 Å². The van der Waals surface area contributed by atoms with Gasteiger partial charge in [0, 0.05) is 31.7 Å². The molecule has 170 valence electrons. The van der Waals surface area contributed by atoms with Gasteiger partial charge in [-0.2, -0.15) is 0 Å². The Morgan fingerprint density at radius 1 is 0.938 bits per heavy atom. The van der Waals surface area contributed by atoms with Crippen molar-refractivity contribution in [3.05, 3.63) is 33.5 Å². The molecule has 3 aromatic rings. The Hall–Kier alpha value is -2.06. The van der Waals surface area contributed by atoms with E-state index in [4.69, 9.17) is 59.0 Å². The number of benzene rings is 1. The molecule has 0 bridgehead atoms. The van der Waals surface area contributed by atoms with Crippen LogP contribution in [0.5, 0.6) is 11.5 Å². The molecule has 2 aromatic heterocycles. The van der Waals surface area contributed by atoms with Crippen molar-refractivity contribution in [2.45, 2.75) is 25.4 Å². The number of rotatable bonds is 5. The van der Waals surface area contributed by atoms with Crippen LogP contribution < -0.4 is 14.4 Å². The van der Waals surface area contributed by atoms with Gasteiger partial charge >= 0.3 is 0 Å². The number of halogens is 3. The summed E-state index contributed by atoms with van der Waals surface area (Å²) in [6.45, 7) is 3.65. The van der Waals surface area contributed by atoms with Crippen LogP contribution in [-0.2, 0) is 4.74 Å². The first-order valence-electron chi connectivity index (χ1n) is 10.0. The lowest BCUT2D eigenvalue weighted by atomic mass is 9.93. The van der Waals surface area contributed by atoms with Gasteiger partial charge in [0.15, 0.2) is 5.82 Å². The lowest BCUT2D eigenvalue weighted by molar-refractivity contribution is -0.0133. The maximum Gasteiger partial charge on any atom is 0.165 e. The van der Waals surface area contributed by atoms with Gasteiger partial charge in [0.05, 0.1) is 47.1 Å². The second kappa shape index (κ2) is 9.06. The first-order valence-corrected chi connectivity index (χ1v) is 11.2. The predicted octanol–water partition coefficient (Wildman–Crippen LogP) is 5.67. The highest BCUT2D eigenvalue weighted by Crippen LogP contribution is 2.46. The molecule has 4 rings (SSSR count). The van der Waals surface area contributed by atoms with E-state index >= 15 is 0 Å². The largest absolute Gasteiger partial charge is 0.495 e. The molecule has 1 aliphatic heterocycles. The zero-order valence-corrected chi connectivity index (χ0v) is 20.5. The zero-order chi connectivity index (χ0) is 23.0. The van der Waals surface area contributed by atoms with E-state index in [2.05, 4.69) is 16.8 Å². The quantitative estimate of drug-likeness (QED) is 0.420. The minimum Gasteiger partial charge on any atom is -0.495 e. The third-order valence-electron chi connectivity index (χ3n) is 5.94. The summed E-state index contributed by atoms with van der Waals surface area (Å²) >= 11 is 19.5. The van der Waals surface area contributed by atoms with E-state index in [9.17, 15) is 0 Å². The van der Waals surface area contributed by atoms with Crippen LogP contribution in [0.2, 0.25) is 15.2 Å². The number of methoxy groups -OCH3 is 3. The Labute approximate surface area is 201 Å². The third-order valence-corrected chi connectivity index (χ3v) is 6.90. The second-order valence-corrected chi connectivity index (χ2v) is 8.96. The average Bonchev–Trinajstić information content (AvgIpc) is 2.79. The molecular weight excluding hydrogens is 475 g/mol. The van der Waals surface area contributed by atoms with E-state index < -0.39 is 0 Å².